The van der Waals surface area contributed by atoms with Gasteiger partial charge in [-0.25, -0.2) is 0 Å². The number of carbonyl (C=O) groups excluding carboxylic acids is 1. The summed E-state index contributed by atoms with van der Waals surface area (Å²) in [5, 5.41) is 3.39. The number of benzene rings is 2. The maximum atomic E-state index is 11.1. The Morgan fingerprint density at radius 2 is 1.86 bits per heavy atom. The molecule has 0 atom stereocenters. The van der Waals surface area contributed by atoms with Crippen molar-refractivity contribution in [3.05, 3.63) is 64.7 Å². The molecule has 0 saturated carbocycles. The lowest BCUT2D eigenvalue weighted by Crippen LogP contribution is -2.15. The predicted octanol–water partition coefficient (Wildman–Crippen LogP) is 2.39. The fourth-order valence-corrected chi connectivity index (χ4v) is 2.23. The quantitative estimate of drug-likeness (QED) is 0.856. The molecule has 2 rings (SSSR count). The van der Waals surface area contributed by atoms with E-state index in [0.29, 0.717) is 5.56 Å². The molecule has 21 heavy (non-hydrogen) atoms. The average molecular weight is 284 g/mol. The molecule has 0 aliphatic heterocycles. The van der Waals surface area contributed by atoms with E-state index < -0.39 is 5.91 Å². The molecule has 2 aromatic rings. The fraction of sp³-hybridized carbons (Fsp3) is 0.235. The highest BCUT2D eigenvalue weighted by molar-refractivity contribution is 5.93. The maximum Gasteiger partial charge on any atom is 0.248 e. The lowest BCUT2D eigenvalue weighted by Gasteiger charge is -2.11. The summed E-state index contributed by atoms with van der Waals surface area (Å²) in [6.07, 6.45) is 0. The molecule has 2 aromatic carbocycles. The molecular weight excluding hydrogens is 264 g/mol. The van der Waals surface area contributed by atoms with Gasteiger partial charge in [-0.3, -0.25) is 4.79 Å². The first-order valence-electron chi connectivity index (χ1n) is 6.83. The third kappa shape index (κ3) is 3.83. The summed E-state index contributed by atoms with van der Waals surface area (Å²) in [7, 11) is 1.67. The van der Waals surface area contributed by atoms with Crippen molar-refractivity contribution in [1.29, 1.82) is 0 Å². The van der Waals surface area contributed by atoms with E-state index in [1.54, 1.807) is 13.2 Å². The third-order valence-corrected chi connectivity index (χ3v) is 3.45. The van der Waals surface area contributed by atoms with Crippen LogP contribution in [0.1, 0.15) is 27.0 Å². The van der Waals surface area contributed by atoms with Crippen LogP contribution in [0.3, 0.4) is 0 Å². The van der Waals surface area contributed by atoms with Crippen LogP contribution in [0.4, 0.5) is 0 Å². The van der Waals surface area contributed by atoms with Crippen molar-refractivity contribution in [2.45, 2.75) is 20.0 Å². The van der Waals surface area contributed by atoms with Crippen molar-refractivity contribution < 1.29 is 9.53 Å². The van der Waals surface area contributed by atoms with Crippen LogP contribution < -0.4 is 15.8 Å². The summed E-state index contributed by atoms with van der Waals surface area (Å²) < 4.78 is 5.32. The molecule has 0 aliphatic rings. The molecule has 0 bridgehead atoms. The maximum absolute atomic E-state index is 11.1. The second kappa shape index (κ2) is 6.90. The van der Waals surface area contributed by atoms with Gasteiger partial charge in [-0.1, -0.05) is 24.3 Å². The normalized spacial score (nSPS) is 10.4. The molecule has 0 unspecified atom stereocenters. The van der Waals surface area contributed by atoms with Gasteiger partial charge in [0.2, 0.25) is 5.91 Å². The van der Waals surface area contributed by atoms with Gasteiger partial charge in [0.15, 0.2) is 0 Å². The van der Waals surface area contributed by atoms with Gasteiger partial charge < -0.3 is 15.8 Å². The van der Waals surface area contributed by atoms with Crippen LogP contribution in [0, 0.1) is 6.92 Å². The van der Waals surface area contributed by atoms with Gasteiger partial charge in [0.05, 0.1) is 7.11 Å². The molecule has 110 valence electrons. The van der Waals surface area contributed by atoms with Crippen LogP contribution in [0.15, 0.2) is 42.5 Å². The molecule has 0 heterocycles. The van der Waals surface area contributed by atoms with Crippen molar-refractivity contribution in [2.75, 3.05) is 7.11 Å². The number of rotatable bonds is 6. The number of nitrogens with two attached hydrogens (primary N) is 1. The van der Waals surface area contributed by atoms with E-state index in [1.165, 1.54) is 0 Å². The Labute approximate surface area is 124 Å². The molecular formula is C17H20N2O2. The third-order valence-electron chi connectivity index (χ3n) is 3.45. The summed E-state index contributed by atoms with van der Waals surface area (Å²) in [5.41, 5.74) is 9.13. The summed E-state index contributed by atoms with van der Waals surface area (Å²) in [5.74, 6) is 0.484. The molecule has 0 aliphatic carbocycles. The van der Waals surface area contributed by atoms with Crippen LogP contribution in [-0.4, -0.2) is 13.0 Å². The van der Waals surface area contributed by atoms with Crippen molar-refractivity contribution in [3.63, 3.8) is 0 Å². The number of ether oxygens (including phenoxy) is 1. The van der Waals surface area contributed by atoms with Crippen molar-refractivity contribution in [2.24, 2.45) is 5.73 Å². The van der Waals surface area contributed by atoms with Gasteiger partial charge in [0.1, 0.15) is 5.75 Å². The van der Waals surface area contributed by atoms with E-state index in [0.717, 1.165) is 35.5 Å². The van der Waals surface area contributed by atoms with E-state index in [-0.39, 0.29) is 0 Å². The van der Waals surface area contributed by atoms with Crippen LogP contribution in [0.2, 0.25) is 0 Å². The first kappa shape index (κ1) is 15.1. The Balaban J connectivity index is 1.99. The molecule has 0 spiro atoms. The lowest BCUT2D eigenvalue weighted by atomic mass is 10.0. The zero-order chi connectivity index (χ0) is 15.2. The Morgan fingerprint density at radius 1 is 1.14 bits per heavy atom. The number of hydrogen-bond acceptors (Lipinski definition) is 3. The highest BCUT2D eigenvalue weighted by Gasteiger charge is 2.05. The van der Waals surface area contributed by atoms with E-state index in [1.807, 2.05) is 43.3 Å². The van der Waals surface area contributed by atoms with Gasteiger partial charge in [0, 0.05) is 24.2 Å². The summed E-state index contributed by atoms with van der Waals surface area (Å²) in [6, 6.07) is 13.4. The highest BCUT2D eigenvalue weighted by Crippen LogP contribution is 2.17. The number of aryl methyl sites for hydroxylation is 1. The summed E-state index contributed by atoms with van der Waals surface area (Å²) in [4.78, 5) is 11.1. The largest absolute Gasteiger partial charge is 0.496 e. The molecule has 0 radical (unpaired) electrons. The topological polar surface area (TPSA) is 64.3 Å². The second-order valence-electron chi connectivity index (χ2n) is 4.92. The number of nitrogens with one attached hydrogen (secondary N) is 1. The highest BCUT2D eigenvalue weighted by atomic mass is 16.5. The Morgan fingerprint density at radius 3 is 2.52 bits per heavy atom. The molecule has 3 N–H and O–H groups in total. The summed E-state index contributed by atoms with van der Waals surface area (Å²) >= 11 is 0. The molecule has 0 aromatic heterocycles. The van der Waals surface area contributed by atoms with Crippen LogP contribution in [-0.2, 0) is 13.1 Å². The predicted molar refractivity (Wildman–Crippen MR) is 83.2 cm³/mol. The van der Waals surface area contributed by atoms with Gasteiger partial charge >= 0.3 is 0 Å². The Kier molecular flexibility index (Phi) is 4.95. The minimum Gasteiger partial charge on any atom is -0.496 e. The van der Waals surface area contributed by atoms with Crippen LogP contribution in [0.25, 0.3) is 0 Å². The van der Waals surface area contributed by atoms with E-state index in [9.17, 15) is 4.79 Å². The van der Waals surface area contributed by atoms with Crippen molar-refractivity contribution >= 4 is 5.91 Å². The van der Waals surface area contributed by atoms with Crippen LogP contribution >= 0.6 is 0 Å². The number of amides is 1. The molecule has 0 saturated heterocycles. The zero-order valence-corrected chi connectivity index (χ0v) is 12.3. The lowest BCUT2D eigenvalue weighted by molar-refractivity contribution is 0.1000. The number of hydrogen-bond donors (Lipinski definition) is 2. The molecule has 1 amide bonds. The first-order chi connectivity index (χ1) is 10.1. The van der Waals surface area contributed by atoms with Gasteiger partial charge in [-0.15, -0.1) is 0 Å². The standard InChI is InChI=1S/C17H20N2O2/c1-12-9-13(17(18)20)7-8-14(12)10-19-11-15-5-3-4-6-16(15)21-2/h3-9,19H,10-11H2,1-2H3,(H2,18,20). The SMILES string of the molecule is COc1ccccc1CNCc1ccc(C(N)=O)cc1C. The van der Waals surface area contributed by atoms with Gasteiger partial charge in [-0.2, -0.15) is 0 Å². The van der Waals surface area contributed by atoms with E-state index in [2.05, 4.69) is 5.32 Å². The Hall–Kier alpha value is -2.33. The molecule has 4 heteroatoms. The van der Waals surface area contributed by atoms with Crippen molar-refractivity contribution in [3.8, 4) is 5.75 Å². The number of carbonyl (C=O) groups is 1. The number of methoxy groups -OCH3 is 1. The average Bonchev–Trinajstić information content (AvgIpc) is 2.49. The monoisotopic (exact) mass is 284 g/mol. The number of para-hydroxylation sites is 1. The van der Waals surface area contributed by atoms with E-state index >= 15 is 0 Å². The molecule has 0 fully saturated rings. The van der Waals surface area contributed by atoms with E-state index in [4.69, 9.17) is 10.5 Å². The smallest absolute Gasteiger partial charge is 0.248 e. The summed E-state index contributed by atoms with van der Waals surface area (Å²) in [6.45, 7) is 3.43. The van der Waals surface area contributed by atoms with Crippen molar-refractivity contribution in [1.82, 2.24) is 5.32 Å². The minimum atomic E-state index is -0.397. The minimum absolute atomic E-state index is 0.397. The van der Waals surface area contributed by atoms with Gasteiger partial charge in [-0.05, 0) is 36.2 Å². The Bertz CT molecular complexity index is 638. The first-order valence-corrected chi connectivity index (χ1v) is 6.83. The van der Waals surface area contributed by atoms with Crippen LogP contribution in [0.5, 0.6) is 5.75 Å². The zero-order valence-electron chi connectivity index (χ0n) is 12.3. The van der Waals surface area contributed by atoms with Gasteiger partial charge in [0.25, 0.3) is 0 Å². The molecule has 4 nitrogen and oxygen atoms in total. The fourth-order valence-electron chi connectivity index (χ4n) is 2.23. The number of primary amides is 1. The second-order valence-corrected chi connectivity index (χ2v) is 4.92.